The number of rotatable bonds is 8. The van der Waals surface area contributed by atoms with Crippen LogP contribution >= 0.6 is 0 Å². The van der Waals surface area contributed by atoms with Crippen LogP contribution in [0.2, 0.25) is 0 Å². The van der Waals surface area contributed by atoms with E-state index in [1.54, 1.807) is 6.20 Å². The molecule has 0 atom stereocenters. The smallest absolute Gasteiger partial charge is 0.315 e. The minimum absolute atomic E-state index is 0.218. The first-order valence-corrected chi connectivity index (χ1v) is 11.1. The van der Waals surface area contributed by atoms with Crippen molar-refractivity contribution in [3.63, 3.8) is 0 Å². The molecular weight excluding hydrogens is 392 g/mol. The van der Waals surface area contributed by atoms with Crippen molar-refractivity contribution in [3.8, 4) is 5.88 Å². The summed E-state index contributed by atoms with van der Waals surface area (Å²) < 4.78 is 5.87. The molecule has 2 aromatic rings. The van der Waals surface area contributed by atoms with E-state index in [9.17, 15) is 9.59 Å². The molecule has 0 radical (unpaired) electrons. The Kier molecular flexibility index (Phi) is 7.02. The van der Waals surface area contributed by atoms with Crippen LogP contribution in [0.15, 0.2) is 42.6 Å². The Bertz CT molecular complexity index is 894. The number of nitrogens with zero attached hydrogens (tertiary/aromatic N) is 2. The van der Waals surface area contributed by atoms with Crippen LogP contribution in [0, 0.1) is 0 Å². The SMILES string of the molecule is O=C(NCc1ccc(OC2CCCC2)nc1)NCc1cccc(CN2CCCC2=O)c1. The van der Waals surface area contributed by atoms with Gasteiger partial charge >= 0.3 is 6.03 Å². The number of hydrogen-bond donors (Lipinski definition) is 2. The molecule has 3 amide bonds. The van der Waals surface area contributed by atoms with Crippen molar-refractivity contribution in [2.24, 2.45) is 0 Å². The highest BCUT2D eigenvalue weighted by atomic mass is 16.5. The Hall–Kier alpha value is -3.09. The highest BCUT2D eigenvalue weighted by molar-refractivity contribution is 5.78. The van der Waals surface area contributed by atoms with Gasteiger partial charge in [-0.1, -0.05) is 30.3 Å². The van der Waals surface area contributed by atoms with E-state index in [1.165, 1.54) is 12.8 Å². The van der Waals surface area contributed by atoms with Crippen LogP contribution < -0.4 is 15.4 Å². The van der Waals surface area contributed by atoms with Gasteiger partial charge in [0.05, 0.1) is 0 Å². The zero-order chi connectivity index (χ0) is 21.5. The maximum absolute atomic E-state index is 12.2. The predicted molar refractivity (Wildman–Crippen MR) is 117 cm³/mol. The number of carbonyl (C=O) groups excluding carboxylic acids is 2. The van der Waals surface area contributed by atoms with Crippen LogP contribution in [0.5, 0.6) is 5.88 Å². The molecule has 1 aliphatic heterocycles. The van der Waals surface area contributed by atoms with Crippen molar-refractivity contribution in [3.05, 3.63) is 59.3 Å². The van der Waals surface area contributed by atoms with Crippen LogP contribution in [0.1, 0.15) is 55.2 Å². The van der Waals surface area contributed by atoms with Crippen LogP contribution in [0.25, 0.3) is 0 Å². The first-order chi connectivity index (χ1) is 15.2. The standard InChI is InChI=1S/C24H30N4O3/c29-23-9-4-12-28(23)17-19-6-3-5-18(13-19)14-26-24(30)27-16-20-10-11-22(25-15-20)31-21-7-1-2-8-21/h3,5-6,10-11,13,15,21H,1-2,4,7-9,12,14,16-17H2,(H2,26,27,30). The molecule has 2 N–H and O–H groups in total. The number of likely N-dealkylation sites (tertiary alicyclic amines) is 1. The lowest BCUT2D eigenvalue weighted by atomic mass is 10.1. The van der Waals surface area contributed by atoms with Crippen molar-refractivity contribution in [2.75, 3.05) is 6.54 Å². The molecule has 0 spiro atoms. The molecule has 0 bridgehead atoms. The summed E-state index contributed by atoms with van der Waals surface area (Å²) in [6.45, 7) is 2.29. The molecule has 1 saturated heterocycles. The number of amides is 3. The van der Waals surface area contributed by atoms with Crippen LogP contribution in [-0.4, -0.2) is 34.5 Å². The van der Waals surface area contributed by atoms with Gasteiger partial charge in [0.25, 0.3) is 0 Å². The third kappa shape index (κ3) is 6.20. The Morgan fingerprint density at radius 3 is 2.52 bits per heavy atom. The van der Waals surface area contributed by atoms with Crippen molar-refractivity contribution < 1.29 is 14.3 Å². The van der Waals surface area contributed by atoms with E-state index >= 15 is 0 Å². The normalized spacial score (nSPS) is 16.5. The van der Waals surface area contributed by atoms with Crippen LogP contribution in [0.3, 0.4) is 0 Å². The van der Waals surface area contributed by atoms with E-state index in [-0.39, 0.29) is 18.0 Å². The number of benzene rings is 1. The summed E-state index contributed by atoms with van der Waals surface area (Å²) >= 11 is 0. The third-order valence-corrected chi connectivity index (χ3v) is 5.83. The number of nitrogens with one attached hydrogen (secondary N) is 2. The fourth-order valence-electron chi connectivity index (χ4n) is 4.12. The summed E-state index contributed by atoms with van der Waals surface area (Å²) in [5, 5.41) is 5.74. The lowest BCUT2D eigenvalue weighted by molar-refractivity contribution is -0.128. The molecule has 4 rings (SSSR count). The topological polar surface area (TPSA) is 83.6 Å². The van der Waals surface area contributed by atoms with Gasteiger partial charge in [0.2, 0.25) is 11.8 Å². The van der Waals surface area contributed by atoms with E-state index in [0.29, 0.717) is 31.9 Å². The minimum Gasteiger partial charge on any atom is -0.474 e. The quantitative estimate of drug-likeness (QED) is 0.682. The Morgan fingerprint density at radius 1 is 1.03 bits per heavy atom. The average Bonchev–Trinajstić information content (AvgIpc) is 3.44. The van der Waals surface area contributed by atoms with Gasteiger partial charge in [0, 0.05) is 44.9 Å². The van der Waals surface area contributed by atoms with E-state index in [4.69, 9.17) is 4.74 Å². The largest absolute Gasteiger partial charge is 0.474 e. The van der Waals surface area contributed by atoms with Gasteiger partial charge in [-0.25, -0.2) is 9.78 Å². The lowest BCUT2D eigenvalue weighted by Gasteiger charge is -2.16. The fraction of sp³-hybridized carbons (Fsp3) is 0.458. The maximum atomic E-state index is 12.2. The molecule has 2 fully saturated rings. The van der Waals surface area contributed by atoms with Crippen molar-refractivity contribution >= 4 is 11.9 Å². The number of hydrogen-bond acceptors (Lipinski definition) is 4. The molecule has 7 heteroatoms. The first-order valence-electron chi connectivity index (χ1n) is 11.1. The van der Waals surface area contributed by atoms with Gasteiger partial charge in [-0.2, -0.15) is 0 Å². The summed E-state index contributed by atoms with van der Waals surface area (Å²) in [6.07, 6.45) is 8.27. The molecule has 1 aromatic heterocycles. The van der Waals surface area contributed by atoms with Crippen LogP contribution in [0.4, 0.5) is 4.79 Å². The van der Waals surface area contributed by atoms with E-state index in [0.717, 1.165) is 42.5 Å². The fourth-order valence-corrected chi connectivity index (χ4v) is 4.12. The highest BCUT2D eigenvalue weighted by Crippen LogP contribution is 2.22. The van der Waals surface area contributed by atoms with Crippen molar-refractivity contribution in [2.45, 2.75) is 64.3 Å². The van der Waals surface area contributed by atoms with Gasteiger partial charge in [0.1, 0.15) is 6.10 Å². The second-order valence-corrected chi connectivity index (χ2v) is 8.30. The zero-order valence-electron chi connectivity index (χ0n) is 17.8. The Labute approximate surface area is 183 Å². The second-order valence-electron chi connectivity index (χ2n) is 8.30. The van der Waals surface area contributed by atoms with Crippen LogP contribution in [-0.2, 0) is 24.4 Å². The predicted octanol–water partition coefficient (Wildman–Crippen LogP) is 3.52. The van der Waals surface area contributed by atoms with E-state index < -0.39 is 0 Å². The zero-order valence-corrected chi connectivity index (χ0v) is 17.8. The van der Waals surface area contributed by atoms with Gasteiger partial charge < -0.3 is 20.3 Å². The van der Waals surface area contributed by atoms with E-state index in [1.807, 2.05) is 41.3 Å². The maximum Gasteiger partial charge on any atom is 0.315 e. The Morgan fingerprint density at radius 2 is 1.81 bits per heavy atom. The molecule has 164 valence electrons. The molecule has 1 saturated carbocycles. The van der Waals surface area contributed by atoms with E-state index in [2.05, 4.69) is 15.6 Å². The van der Waals surface area contributed by atoms with Crippen molar-refractivity contribution in [1.29, 1.82) is 0 Å². The third-order valence-electron chi connectivity index (χ3n) is 5.83. The lowest BCUT2D eigenvalue weighted by Crippen LogP contribution is -2.34. The number of aromatic nitrogens is 1. The summed E-state index contributed by atoms with van der Waals surface area (Å²) in [5.41, 5.74) is 3.02. The molecule has 2 heterocycles. The number of ether oxygens (including phenoxy) is 1. The average molecular weight is 423 g/mol. The molecule has 31 heavy (non-hydrogen) atoms. The summed E-state index contributed by atoms with van der Waals surface area (Å²) in [4.78, 5) is 30.2. The summed E-state index contributed by atoms with van der Waals surface area (Å²) in [5.74, 6) is 0.867. The molecule has 1 aromatic carbocycles. The second kappa shape index (κ2) is 10.3. The molecule has 0 unspecified atom stereocenters. The first kappa shape index (κ1) is 21.2. The molecular formula is C24H30N4O3. The molecule has 2 aliphatic rings. The van der Waals surface area contributed by atoms with Gasteiger partial charge in [0.15, 0.2) is 0 Å². The molecule has 1 aliphatic carbocycles. The monoisotopic (exact) mass is 422 g/mol. The number of urea groups is 1. The van der Waals surface area contributed by atoms with Gasteiger partial charge in [-0.05, 0) is 48.8 Å². The summed E-state index contributed by atoms with van der Waals surface area (Å²) in [6, 6.07) is 11.6. The van der Waals surface area contributed by atoms with Crippen molar-refractivity contribution in [1.82, 2.24) is 20.5 Å². The highest BCUT2D eigenvalue weighted by Gasteiger charge is 2.20. The number of pyridine rings is 1. The molecule has 7 nitrogen and oxygen atoms in total. The summed E-state index contributed by atoms with van der Waals surface area (Å²) in [7, 11) is 0. The Balaban J connectivity index is 1.19. The number of carbonyl (C=O) groups is 2. The van der Waals surface area contributed by atoms with Gasteiger partial charge in [-0.15, -0.1) is 0 Å². The van der Waals surface area contributed by atoms with Gasteiger partial charge in [-0.3, -0.25) is 4.79 Å². The minimum atomic E-state index is -0.230.